The highest BCUT2D eigenvalue weighted by molar-refractivity contribution is 5.70. The van der Waals surface area contributed by atoms with Gasteiger partial charge in [-0.05, 0) is 30.2 Å². The third-order valence-corrected chi connectivity index (χ3v) is 3.03. The van der Waals surface area contributed by atoms with Gasteiger partial charge in [-0.25, -0.2) is 0 Å². The van der Waals surface area contributed by atoms with Gasteiger partial charge in [-0.2, -0.15) is 0 Å². The lowest BCUT2D eigenvalue weighted by molar-refractivity contribution is -0.136. The second-order valence-corrected chi connectivity index (χ2v) is 5.35. The minimum Gasteiger partial charge on any atom is -0.492 e. The van der Waals surface area contributed by atoms with Gasteiger partial charge >= 0.3 is 5.97 Å². The van der Waals surface area contributed by atoms with Crippen molar-refractivity contribution in [1.82, 2.24) is 4.90 Å². The van der Waals surface area contributed by atoms with Crippen LogP contribution >= 0.6 is 0 Å². The van der Waals surface area contributed by atoms with E-state index in [-0.39, 0.29) is 6.42 Å². The molecule has 1 rings (SSSR count). The zero-order valence-corrected chi connectivity index (χ0v) is 12.6. The molecule has 0 aliphatic rings. The van der Waals surface area contributed by atoms with E-state index >= 15 is 0 Å². The molecular formula is C16H25NO3. The second-order valence-electron chi connectivity index (χ2n) is 5.35. The van der Waals surface area contributed by atoms with E-state index in [9.17, 15) is 4.79 Å². The maximum atomic E-state index is 10.6. The number of benzene rings is 1. The standard InChI is InChI=1S/C16H25NO3/c1-4-17(12-13(2)3)9-10-20-15-7-5-14(6-8-15)11-16(18)19/h5-8,13H,4,9-12H2,1-3H3,(H,18,19). The quantitative estimate of drug-likeness (QED) is 0.755. The van der Waals surface area contributed by atoms with Gasteiger partial charge in [0.15, 0.2) is 0 Å². The smallest absolute Gasteiger partial charge is 0.307 e. The number of hydrogen-bond acceptors (Lipinski definition) is 3. The Morgan fingerprint density at radius 3 is 2.45 bits per heavy atom. The summed E-state index contributed by atoms with van der Waals surface area (Å²) >= 11 is 0. The van der Waals surface area contributed by atoms with Crippen molar-refractivity contribution in [2.45, 2.75) is 27.2 Å². The summed E-state index contributed by atoms with van der Waals surface area (Å²) in [5.41, 5.74) is 0.792. The van der Waals surface area contributed by atoms with Crippen LogP contribution in [-0.2, 0) is 11.2 Å². The Kier molecular flexibility index (Phi) is 7.09. The van der Waals surface area contributed by atoms with E-state index in [1.165, 1.54) is 0 Å². The Morgan fingerprint density at radius 1 is 1.30 bits per heavy atom. The van der Waals surface area contributed by atoms with E-state index in [0.717, 1.165) is 30.9 Å². The first-order valence-electron chi connectivity index (χ1n) is 7.17. The van der Waals surface area contributed by atoms with Gasteiger partial charge in [0.25, 0.3) is 0 Å². The van der Waals surface area contributed by atoms with Gasteiger partial charge in [0.05, 0.1) is 6.42 Å². The van der Waals surface area contributed by atoms with E-state index in [4.69, 9.17) is 9.84 Å². The van der Waals surface area contributed by atoms with Crippen LogP contribution in [0.4, 0.5) is 0 Å². The molecule has 0 aliphatic heterocycles. The molecule has 0 aliphatic carbocycles. The fourth-order valence-electron chi connectivity index (χ4n) is 2.07. The van der Waals surface area contributed by atoms with Crippen LogP contribution in [0.1, 0.15) is 26.3 Å². The maximum Gasteiger partial charge on any atom is 0.307 e. The molecule has 0 atom stereocenters. The van der Waals surface area contributed by atoms with Crippen LogP contribution in [0.15, 0.2) is 24.3 Å². The summed E-state index contributed by atoms with van der Waals surface area (Å²) in [7, 11) is 0. The molecule has 0 aromatic heterocycles. The second kappa shape index (κ2) is 8.59. The molecule has 0 spiro atoms. The van der Waals surface area contributed by atoms with Gasteiger partial charge < -0.3 is 9.84 Å². The lowest BCUT2D eigenvalue weighted by Gasteiger charge is -2.22. The van der Waals surface area contributed by atoms with Crippen LogP contribution in [0.25, 0.3) is 0 Å². The molecule has 0 saturated heterocycles. The first kappa shape index (κ1) is 16.5. The van der Waals surface area contributed by atoms with E-state index in [0.29, 0.717) is 12.5 Å². The number of likely N-dealkylation sites (N-methyl/N-ethyl adjacent to an activating group) is 1. The third-order valence-electron chi connectivity index (χ3n) is 3.03. The number of ether oxygens (including phenoxy) is 1. The molecule has 0 fully saturated rings. The SMILES string of the molecule is CCN(CCOc1ccc(CC(=O)O)cc1)CC(C)C. The maximum absolute atomic E-state index is 10.6. The Bertz CT molecular complexity index is 401. The van der Waals surface area contributed by atoms with Crippen molar-refractivity contribution in [3.63, 3.8) is 0 Å². The van der Waals surface area contributed by atoms with Crippen molar-refractivity contribution >= 4 is 5.97 Å². The molecule has 4 nitrogen and oxygen atoms in total. The summed E-state index contributed by atoms with van der Waals surface area (Å²) in [6.07, 6.45) is 0.0539. The van der Waals surface area contributed by atoms with Crippen molar-refractivity contribution in [3.8, 4) is 5.75 Å². The van der Waals surface area contributed by atoms with E-state index < -0.39 is 5.97 Å². The average Bonchev–Trinajstić information content (AvgIpc) is 2.38. The molecule has 0 unspecified atom stereocenters. The third kappa shape index (κ3) is 6.57. The van der Waals surface area contributed by atoms with Gasteiger partial charge in [-0.15, -0.1) is 0 Å². The number of carboxylic acids is 1. The normalized spacial score (nSPS) is 11.1. The van der Waals surface area contributed by atoms with Crippen molar-refractivity contribution < 1.29 is 14.6 Å². The average molecular weight is 279 g/mol. The Balaban J connectivity index is 2.36. The minimum absolute atomic E-state index is 0.0539. The molecule has 0 amide bonds. The van der Waals surface area contributed by atoms with Crippen LogP contribution in [0, 0.1) is 5.92 Å². The van der Waals surface area contributed by atoms with Gasteiger partial charge in [0.2, 0.25) is 0 Å². The zero-order valence-electron chi connectivity index (χ0n) is 12.6. The summed E-state index contributed by atoms with van der Waals surface area (Å²) < 4.78 is 5.69. The van der Waals surface area contributed by atoms with Crippen LogP contribution in [-0.4, -0.2) is 42.2 Å². The lowest BCUT2D eigenvalue weighted by atomic mass is 10.1. The molecule has 0 heterocycles. The van der Waals surface area contributed by atoms with E-state index in [1.807, 2.05) is 12.1 Å². The van der Waals surface area contributed by atoms with E-state index in [1.54, 1.807) is 12.1 Å². The monoisotopic (exact) mass is 279 g/mol. The lowest BCUT2D eigenvalue weighted by Crippen LogP contribution is -2.31. The van der Waals surface area contributed by atoms with Crippen LogP contribution in [0.5, 0.6) is 5.75 Å². The Labute approximate surface area is 121 Å². The highest BCUT2D eigenvalue weighted by Gasteiger charge is 2.05. The minimum atomic E-state index is -0.814. The molecule has 20 heavy (non-hydrogen) atoms. The predicted octanol–water partition coefficient (Wildman–Crippen LogP) is 2.67. The highest BCUT2D eigenvalue weighted by atomic mass is 16.5. The number of rotatable bonds is 9. The first-order valence-corrected chi connectivity index (χ1v) is 7.17. The van der Waals surface area contributed by atoms with Crippen LogP contribution in [0.2, 0.25) is 0 Å². The fourth-order valence-corrected chi connectivity index (χ4v) is 2.07. The number of carbonyl (C=O) groups is 1. The summed E-state index contributed by atoms with van der Waals surface area (Å²) in [4.78, 5) is 12.9. The summed E-state index contributed by atoms with van der Waals surface area (Å²) in [6.45, 7) is 10.2. The predicted molar refractivity (Wildman–Crippen MR) is 80.2 cm³/mol. The van der Waals surface area contributed by atoms with Crippen LogP contribution in [0.3, 0.4) is 0 Å². The zero-order chi connectivity index (χ0) is 15.0. The van der Waals surface area contributed by atoms with Crippen molar-refractivity contribution in [3.05, 3.63) is 29.8 Å². The largest absolute Gasteiger partial charge is 0.492 e. The molecule has 0 saturated carbocycles. The summed E-state index contributed by atoms with van der Waals surface area (Å²) in [5.74, 6) is 0.635. The highest BCUT2D eigenvalue weighted by Crippen LogP contribution is 2.12. The van der Waals surface area contributed by atoms with E-state index in [2.05, 4.69) is 25.7 Å². The molecule has 112 valence electrons. The van der Waals surface area contributed by atoms with Gasteiger partial charge in [0, 0.05) is 13.1 Å². The number of hydrogen-bond donors (Lipinski definition) is 1. The van der Waals surface area contributed by atoms with Crippen molar-refractivity contribution in [2.24, 2.45) is 5.92 Å². The number of aliphatic carboxylic acids is 1. The molecular weight excluding hydrogens is 254 g/mol. The topological polar surface area (TPSA) is 49.8 Å². The number of carboxylic acid groups (broad SMARTS) is 1. The Morgan fingerprint density at radius 2 is 1.95 bits per heavy atom. The molecule has 0 radical (unpaired) electrons. The van der Waals surface area contributed by atoms with Gasteiger partial charge in [0.1, 0.15) is 12.4 Å². The molecule has 1 aromatic carbocycles. The molecule has 1 N–H and O–H groups in total. The van der Waals surface area contributed by atoms with Gasteiger partial charge in [-0.3, -0.25) is 9.69 Å². The first-order chi connectivity index (χ1) is 9.51. The van der Waals surface area contributed by atoms with Gasteiger partial charge in [-0.1, -0.05) is 32.9 Å². The molecule has 1 aromatic rings. The number of nitrogens with zero attached hydrogens (tertiary/aromatic N) is 1. The van der Waals surface area contributed by atoms with Crippen molar-refractivity contribution in [1.29, 1.82) is 0 Å². The molecule has 0 bridgehead atoms. The Hall–Kier alpha value is -1.55. The summed E-state index contributed by atoms with van der Waals surface area (Å²) in [6, 6.07) is 7.26. The van der Waals surface area contributed by atoms with Crippen molar-refractivity contribution in [2.75, 3.05) is 26.2 Å². The summed E-state index contributed by atoms with van der Waals surface area (Å²) in [5, 5.41) is 8.70. The fraction of sp³-hybridized carbons (Fsp3) is 0.562. The van der Waals surface area contributed by atoms with Crippen LogP contribution < -0.4 is 4.74 Å². The molecule has 4 heteroatoms.